The summed E-state index contributed by atoms with van der Waals surface area (Å²) >= 11 is 0. The van der Waals surface area contributed by atoms with Gasteiger partial charge in [0.15, 0.2) is 0 Å². The van der Waals surface area contributed by atoms with Gasteiger partial charge in [0.05, 0.1) is 0 Å². The quantitative estimate of drug-likeness (QED) is 0.889. The van der Waals surface area contributed by atoms with Gasteiger partial charge in [0, 0.05) is 16.6 Å². The third kappa shape index (κ3) is 3.40. The smallest absolute Gasteiger partial charge is 0.412 e. The molecule has 0 aromatic heterocycles. The van der Waals surface area contributed by atoms with Crippen molar-refractivity contribution < 1.29 is 13.9 Å². The van der Waals surface area contributed by atoms with Gasteiger partial charge in [-0.05, 0) is 57.4 Å². The Kier molecular flexibility index (Phi) is 3.98. The molecular weight excluding hydrogens is 283 g/mol. The van der Waals surface area contributed by atoms with Crippen molar-refractivity contribution in [3.63, 3.8) is 0 Å². The molecule has 1 amide bonds. The number of rotatable bonds is 3. The molecule has 1 aromatic rings. The summed E-state index contributed by atoms with van der Waals surface area (Å²) in [5.41, 5.74) is 5.84. The van der Waals surface area contributed by atoms with Crippen molar-refractivity contribution in [2.45, 2.75) is 64.0 Å². The van der Waals surface area contributed by atoms with Crippen LogP contribution in [0.15, 0.2) is 18.2 Å². The van der Waals surface area contributed by atoms with Gasteiger partial charge in [-0.1, -0.05) is 13.8 Å². The van der Waals surface area contributed by atoms with E-state index in [0.29, 0.717) is 11.3 Å². The highest BCUT2D eigenvalue weighted by Crippen LogP contribution is 2.50. The number of amides is 1. The van der Waals surface area contributed by atoms with E-state index in [1.165, 1.54) is 12.1 Å². The van der Waals surface area contributed by atoms with E-state index >= 15 is 0 Å². The zero-order chi connectivity index (χ0) is 16.8. The first-order valence-corrected chi connectivity index (χ1v) is 7.54. The number of carbonyl (C=O) groups excluding carboxylic acids is 1. The van der Waals surface area contributed by atoms with Gasteiger partial charge in [-0.15, -0.1) is 0 Å². The number of anilines is 1. The number of benzene rings is 1. The second-order valence-corrected chi connectivity index (χ2v) is 7.60. The molecule has 0 heterocycles. The van der Waals surface area contributed by atoms with Gasteiger partial charge in [0.2, 0.25) is 0 Å². The zero-order valence-electron chi connectivity index (χ0n) is 13.9. The van der Waals surface area contributed by atoms with Crippen molar-refractivity contribution in [3.05, 3.63) is 29.6 Å². The average molecular weight is 308 g/mol. The Morgan fingerprint density at radius 1 is 1.27 bits per heavy atom. The third-order valence-electron chi connectivity index (χ3n) is 4.32. The number of halogens is 1. The molecule has 0 atom stereocenters. The van der Waals surface area contributed by atoms with E-state index in [1.807, 2.05) is 13.8 Å². The molecule has 0 saturated heterocycles. The first-order valence-electron chi connectivity index (χ1n) is 7.54. The molecule has 22 heavy (non-hydrogen) atoms. The van der Waals surface area contributed by atoms with Crippen LogP contribution in [0.5, 0.6) is 0 Å². The van der Waals surface area contributed by atoms with Gasteiger partial charge in [-0.3, -0.25) is 5.32 Å². The third-order valence-corrected chi connectivity index (χ3v) is 4.32. The normalized spacial score (nSPS) is 17.0. The van der Waals surface area contributed by atoms with Crippen LogP contribution in [0, 0.1) is 5.82 Å². The van der Waals surface area contributed by atoms with Crippen molar-refractivity contribution in [2.24, 2.45) is 5.73 Å². The summed E-state index contributed by atoms with van der Waals surface area (Å²) in [5.74, 6) is -0.309. The molecule has 0 aliphatic heterocycles. The average Bonchev–Trinajstić information content (AvgIpc) is 3.09. The first kappa shape index (κ1) is 16.7. The van der Waals surface area contributed by atoms with E-state index in [2.05, 4.69) is 5.32 Å². The van der Waals surface area contributed by atoms with Gasteiger partial charge in [0.25, 0.3) is 0 Å². The Morgan fingerprint density at radius 3 is 2.36 bits per heavy atom. The number of nitrogens with two attached hydrogens (primary N) is 1. The van der Waals surface area contributed by atoms with Crippen molar-refractivity contribution in [1.82, 2.24) is 0 Å². The highest BCUT2D eigenvalue weighted by molar-refractivity contribution is 5.85. The lowest BCUT2D eigenvalue weighted by atomic mass is 9.75. The molecular formula is C17H25FN2O2. The second kappa shape index (κ2) is 5.23. The SMILES string of the molecule is CC(C)(C)OC(=O)Nc1ccc(F)c(C(C)(C)C2(N)CC2)c1. The molecule has 2 rings (SSSR count). The molecule has 0 spiro atoms. The molecule has 1 fully saturated rings. The summed E-state index contributed by atoms with van der Waals surface area (Å²) in [5, 5.41) is 2.64. The summed E-state index contributed by atoms with van der Waals surface area (Å²) in [4.78, 5) is 11.8. The number of carbonyl (C=O) groups is 1. The molecule has 4 nitrogen and oxygen atoms in total. The van der Waals surface area contributed by atoms with Crippen LogP contribution in [0.1, 0.15) is 53.0 Å². The molecule has 1 aromatic carbocycles. The minimum Gasteiger partial charge on any atom is -0.444 e. The molecule has 122 valence electrons. The van der Waals surface area contributed by atoms with Crippen LogP contribution in [-0.4, -0.2) is 17.2 Å². The fourth-order valence-electron chi connectivity index (χ4n) is 2.53. The monoisotopic (exact) mass is 308 g/mol. The summed E-state index contributed by atoms with van der Waals surface area (Å²) in [6.45, 7) is 9.25. The fraction of sp³-hybridized carbons (Fsp3) is 0.588. The number of nitrogens with one attached hydrogen (secondary N) is 1. The number of ether oxygens (including phenoxy) is 1. The summed E-state index contributed by atoms with van der Waals surface area (Å²) < 4.78 is 19.4. The van der Waals surface area contributed by atoms with Gasteiger partial charge < -0.3 is 10.5 Å². The van der Waals surface area contributed by atoms with Crippen LogP contribution >= 0.6 is 0 Å². The van der Waals surface area contributed by atoms with Crippen LogP contribution in [0.25, 0.3) is 0 Å². The van der Waals surface area contributed by atoms with E-state index < -0.39 is 17.1 Å². The Hall–Kier alpha value is -1.62. The predicted octanol–water partition coefficient (Wildman–Crippen LogP) is 3.94. The van der Waals surface area contributed by atoms with Crippen molar-refractivity contribution in [2.75, 3.05) is 5.32 Å². The number of hydrogen-bond acceptors (Lipinski definition) is 3. The maximum atomic E-state index is 14.2. The van der Waals surface area contributed by atoms with Crippen molar-refractivity contribution >= 4 is 11.8 Å². The Balaban J connectivity index is 2.22. The molecule has 3 N–H and O–H groups in total. The van der Waals surface area contributed by atoms with Crippen LogP contribution in [-0.2, 0) is 10.2 Å². The van der Waals surface area contributed by atoms with Crippen LogP contribution in [0.2, 0.25) is 0 Å². The fourth-order valence-corrected chi connectivity index (χ4v) is 2.53. The molecule has 5 heteroatoms. The van der Waals surface area contributed by atoms with E-state index in [1.54, 1.807) is 26.8 Å². The summed E-state index contributed by atoms with van der Waals surface area (Å²) in [6.07, 6.45) is 1.20. The topological polar surface area (TPSA) is 64.3 Å². The van der Waals surface area contributed by atoms with E-state index in [-0.39, 0.29) is 11.4 Å². The maximum absolute atomic E-state index is 14.2. The van der Waals surface area contributed by atoms with Crippen LogP contribution < -0.4 is 11.1 Å². The standard InChI is InChI=1S/C17H25FN2O2/c1-15(2,3)22-14(21)20-11-6-7-13(18)12(10-11)16(4,5)17(19)8-9-17/h6-7,10H,8-9,19H2,1-5H3,(H,20,21). The molecule has 0 unspecified atom stereocenters. The van der Waals surface area contributed by atoms with E-state index in [0.717, 1.165) is 12.8 Å². The van der Waals surface area contributed by atoms with Gasteiger partial charge >= 0.3 is 6.09 Å². The van der Waals surface area contributed by atoms with Gasteiger partial charge in [0.1, 0.15) is 11.4 Å². The Labute approximate surface area is 131 Å². The second-order valence-electron chi connectivity index (χ2n) is 7.60. The minimum absolute atomic E-state index is 0.309. The van der Waals surface area contributed by atoms with E-state index in [4.69, 9.17) is 10.5 Å². The number of hydrogen-bond donors (Lipinski definition) is 2. The predicted molar refractivity (Wildman–Crippen MR) is 85.4 cm³/mol. The lowest BCUT2D eigenvalue weighted by Crippen LogP contribution is -2.44. The van der Waals surface area contributed by atoms with E-state index in [9.17, 15) is 9.18 Å². The van der Waals surface area contributed by atoms with Crippen molar-refractivity contribution in [3.8, 4) is 0 Å². The van der Waals surface area contributed by atoms with Crippen LogP contribution in [0.4, 0.5) is 14.9 Å². The van der Waals surface area contributed by atoms with Gasteiger partial charge in [-0.2, -0.15) is 0 Å². The maximum Gasteiger partial charge on any atom is 0.412 e. The largest absolute Gasteiger partial charge is 0.444 e. The zero-order valence-corrected chi connectivity index (χ0v) is 13.9. The molecule has 1 aliphatic rings. The summed E-state index contributed by atoms with van der Waals surface area (Å²) in [6, 6.07) is 4.52. The molecule has 0 bridgehead atoms. The molecule has 0 radical (unpaired) electrons. The molecule has 1 aliphatic carbocycles. The lowest BCUT2D eigenvalue weighted by Gasteiger charge is -2.33. The molecule has 1 saturated carbocycles. The lowest BCUT2D eigenvalue weighted by molar-refractivity contribution is 0.0636. The van der Waals surface area contributed by atoms with Crippen molar-refractivity contribution in [1.29, 1.82) is 0 Å². The first-order chi connectivity index (χ1) is 9.95. The highest BCUT2D eigenvalue weighted by Gasteiger charge is 2.52. The highest BCUT2D eigenvalue weighted by atomic mass is 19.1. The minimum atomic E-state index is -0.582. The van der Waals surface area contributed by atoms with Gasteiger partial charge in [-0.25, -0.2) is 9.18 Å². The summed E-state index contributed by atoms with van der Waals surface area (Å²) in [7, 11) is 0. The Morgan fingerprint density at radius 2 is 1.86 bits per heavy atom. The Bertz CT molecular complexity index is 587. The van der Waals surface area contributed by atoms with Crippen LogP contribution in [0.3, 0.4) is 0 Å².